The lowest BCUT2D eigenvalue weighted by Gasteiger charge is -2.20. The summed E-state index contributed by atoms with van der Waals surface area (Å²) in [6.45, 7) is 10.8. The second-order valence-corrected chi connectivity index (χ2v) is 6.17. The molecule has 1 aromatic heterocycles. The molecule has 1 heterocycles. The first-order valence-electron chi connectivity index (χ1n) is 6.61. The molecule has 0 fully saturated rings. The maximum atomic E-state index is 6.35. The van der Waals surface area contributed by atoms with Crippen molar-refractivity contribution < 1.29 is 0 Å². The van der Waals surface area contributed by atoms with Crippen LogP contribution in [0.5, 0.6) is 0 Å². The topological polar surface area (TPSA) is 30.9 Å². The molecule has 0 saturated heterocycles. The lowest BCUT2D eigenvalue weighted by molar-refractivity contribution is 0.552. The van der Waals surface area contributed by atoms with E-state index in [1.807, 2.05) is 0 Å². The molecule has 0 spiro atoms. The predicted octanol–water partition coefficient (Wildman–Crippen LogP) is 3.80. The summed E-state index contributed by atoms with van der Waals surface area (Å²) in [4.78, 5) is 0. The van der Waals surface area contributed by atoms with Gasteiger partial charge in [0, 0.05) is 29.2 Å². The van der Waals surface area contributed by atoms with E-state index < -0.39 is 0 Å². The minimum Gasteiger partial charge on any atom is -0.348 e. The fourth-order valence-corrected chi connectivity index (χ4v) is 2.76. The second kappa shape index (κ2) is 4.13. The molecule has 18 heavy (non-hydrogen) atoms. The van der Waals surface area contributed by atoms with E-state index in [0.29, 0.717) is 5.92 Å². The Morgan fingerprint density at radius 2 is 1.83 bits per heavy atom. The number of nitrogens with zero attached hydrogens (tertiary/aromatic N) is 1. The zero-order chi connectivity index (χ0) is 13.7. The van der Waals surface area contributed by atoms with Gasteiger partial charge >= 0.3 is 0 Å². The number of aromatic nitrogens is 1. The van der Waals surface area contributed by atoms with Crippen molar-refractivity contribution in [3.63, 3.8) is 0 Å². The number of nitrogens with two attached hydrogens (primary N) is 1. The van der Waals surface area contributed by atoms with Crippen LogP contribution in [-0.2, 0) is 12.6 Å². The van der Waals surface area contributed by atoms with Crippen LogP contribution in [0.4, 0.5) is 0 Å². The normalized spacial score (nSPS) is 12.7. The van der Waals surface area contributed by atoms with E-state index in [1.165, 1.54) is 27.7 Å². The third-order valence-corrected chi connectivity index (χ3v) is 3.83. The van der Waals surface area contributed by atoms with E-state index in [2.05, 4.69) is 64.4 Å². The Kier molecular flexibility index (Phi) is 3.02. The monoisotopic (exact) mass is 244 g/mol. The van der Waals surface area contributed by atoms with Crippen LogP contribution in [0.1, 0.15) is 50.4 Å². The summed E-state index contributed by atoms with van der Waals surface area (Å²) in [6.07, 6.45) is 0. The van der Waals surface area contributed by atoms with Gasteiger partial charge < -0.3 is 10.3 Å². The number of aryl methyl sites for hydroxylation is 1. The van der Waals surface area contributed by atoms with E-state index in [9.17, 15) is 0 Å². The lowest BCUT2D eigenvalue weighted by atomic mass is 9.91. The van der Waals surface area contributed by atoms with Crippen molar-refractivity contribution in [2.24, 2.45) is 12.8 Å². The van der Waals surface area contributed by atoms with Crippen molar-refractivity contribution in [3.05, 3.63) is 35.0 Å². The average molecular weight is 244 g/mol. The standard InChI is InChI=1S/C16H24N2/c1-10(2)12-7-8-14-13(9-12)15(16(4,5)17)11(3)18(14)6/h7-10H,17H2,1-6H3. The Bertz CT molecular complexity index is 583. The number of hydrogen-bond donors (Lipinski definition) is 1. The molecule has 2 heteroatoms. The summed E-state index contributed by atoms with van der Waals surface area (Å²) < 4.78 is 2.24. The Hall–Kier alpha value is -1.28. The molecule has 0 aliphatic carbocycles. The van der Waals surface area contributed by atoms with Crippen LogP contribution in [-0.4, -0.2) is 4.57 Å². The fraction of sp³-hybridized carbons (Fsp3) is 0.500. The Morgan fingerprint density at radius 3 is 2.33 bits per heavy atom. The first kappa shape index (κ1) is 13.2. The van der Waals surface area contributed by atoms with Gasteiger partial charge in [0.05, 0.1) is 0 Å². The van der Waals surface area contributed by atoms with E-state index in [4.69, 9.17) is 5.73 Å². The number of benzene rings is 1. The summed E-state index contributed by atoms with van der Waals surface area (Å²) in [6, 6.07) is 6.74. The zero-order valence-corrected chi connectivity index (χ0v) is 12.3. The SMILES string of the molecule is Cc1c(C(C)(C)N)c2cc(C(C)C)ccc2n1C. The van der Waals surface area contributed by atoms with E-state index in [0.717, 1.165) is 0 Å². The molecule has 0 unspecified atom stereocenters. The third-order valence-electron chi connectivity index (χ3n) is 3.83. The molecule has 98 valence electrons. The van der Waals surface area contributed by atoms with Gasteiger partial charge in [-0.25, -0.2) is 0 Å². The summed E-state index contributed by atoms with van der Waals surface area (Å²) in [5.74, 6) is 0.545. The molecule has 0 bridgehead atoms. The van der Waals surface area contributed by atoms with E-state index in [-0.39, 0.29) is 5.54 Å². The van der Waals surface area contributed by atoms with Crippen molar-refractivity contribution in [2.45, 2.75) is 46.1 Å². The zero-order valence-electron chi connectivity index (χ0n) is 12.3. The summed E-state index contributed by atoms with van der Waals surface area (Å²) in [7, 11) is 2.11. The Morgan fingerprint density at radius 1 is 1.22 bits per heavy atom. The fourth-order valence-electron chi connectivity index (χ4n) is 2.76. The number of hydrogen-bond acceptors (Lipinski definition) is 1. The van der Waals surface area contributed by atoms with Crippen LogP contribution in [0.25, 0.3) is 10.9 Å². The molecule has 2 aromatic rings. The highest BCUT2D eigenvalue weighted by Crippen LogP contribution is 2.33. The lowest BCUT2D eigenvalue weighted by Crippen LogP contribution is -2.29. The molecule has 0 aliphatic heterocycles. The van der Waals surface area contributed by atoms with E-state index in [1.54, 1.807) is 0 Å². The maximum Gasteiger partial charge on any atom is 0.0483 e. The summed E-state index contributed by atoms with van der Waals surface area (Å²) in [5.41, 5.74) is 11.2. The van der Waals surface area contributed by atoms with Gasteiger partial charge in [-0.2, -0.15) is 0 Å². The van der Waals surface area contributed by atoms with Crippen LogP contribution in [0, 0.1) is 6.92 Å². The molecule has 0 amide bonds. The van der Waals surface area contributed by atoms with Crippen LogP contribution < -0.4 is 5.73 Å². The second-order valence-electron chi connectivity index (χ2n) is 6.17. The first-order valence-corrected chi connectivity index (χ1v) is 6.61. The molecular weight excluding hydrogens is 220 g/mol. The largest absolute Gasteiger partial charge is 0.348 e. The molecule has 0 aliphatic rings. The Balaban J connectivity index is 2.83. The summed E-state index contributed by atoms with van der Waals surface area (Å²) in [5, 5.41) is 1.30. The number of rotatable bonds is 2. The van der Waals surface area contributed by atoms with Crippen molar-refractivity contribution >= 4 is 10.9 Å². The van der Waals surface area contributed by atoms with Crippen molar-refractivity contribution in [1.29, 1.82) is 0 Å². The minimum absolute atomic E-state index is 0.306. The maximum absolute atomic E-state index is 6.35. The molecular formula is C16H24N2. The highest BCUT2D eigenvalue weighted by atomic mass is 15.0. The molecule has 0 saturated carbocycles. The van der Waals surface area contributed by atoms with Gasteiger partial charge in [0.1, 0.15) is 0 Å². The van der Waals surface area contributed by atoms with Gasteiger partial charge in [-0.05, 0) is 49.9 Å². The summed E-state index contributed by atoms with van der Waals surface area (Å²) >= 11 is 0. The van der Waals surface area contributed by atoms with Gasteiger partial charge in [0.25, 0.3) is 0 Å². The van der Waals surface area contributed by atoms with Crippen molar-refractivity contribution in [3.8, 4) is 0 Å². The van der Waals surface area contributed by atoms with Crippen LogP contribution in [0.15, 0.2) is 18.2 Å². The van der Waals surface area contributed by atoms with Crippen LogP contribution in [0.2, 0.25) is 0 Å². The molecule has 0 atom stereocenters. The Labute approximate surface area is 110 Å². The van der Waals surface area contributed by atoms with Gasteiger partial charge in [-0.15, -0.1) is 0 Å². The number of fused-ring (bicyclic) bond motifs is 1. The van der Waals surface area contributed by atoms with Gasteiger partial charge in [0.2, 0.25) is 0 Å². The first-order chi connectivity index (χ1) is 8.23. The van der Waals surface area contributed by atoms with Gasteiger partial charge in [0.15, 0.2) is 0 Å². The quantitative estimate of drug-likeness (QED) is 0.855. The minimum atomic E-state index is -0.306. The smallest absolute Gasteiger partial charge is 0.0483 e. The molecule has 2 N–H and O–H groups in total. The van der Waals surface area contributed by atoms with Crippen molar-refractivity contribution in [1.82, 2.24) is 4.57 Å². The van der Waals surface area contributed by atoms with Crippen molar-refractivity contribution in [2.75, 3.05) is 0 Å². The van der Waals surface area contributed by atoms with Crippen LogP contribution in [0.3, 0.4) is 0 Å². The molecule has 0 radical (unpaired) electrons. The van der Waals surface area contributed by atoms with E-state index >= 15 is 0 Å². The predicted molar refractivity (Wildman–Crippen MR) is 79.0 cm³/mol. The average Bonchev–Trinajstić information content (AvgIpc) is 2.50. The highest BCUT2D eigenvalue weighted by molar-refractivity contribution is 5.87. The van der Waals surface area contributed by atoms with Crippen LogP contribution >= 0.6 is 0 Å². The van der Waals surface area contributed by atoms with Gasteiger partial charge in [-0.3, -0.25) is 0 Å². The molecule has 2 rings (SSSR count). The molecule has 1 aromatic carbocycles. The highest BCUT2D eigenvalue weighted by Gasteiger charge is 2.23. The van der Waals surface area contributed by atoms with Gasteiger partial charge in [-0.1, -0.05) is 19.9 Å². The third kappa shape index (κ3) is 1.95. The molecule has 2 nitrogen and oxygen atoms in total.